The smallest absolute Gasteiger partial charge is 0.338 e. The molecule has 30 heavy (non-hydrogen) atoms. The summed E-state index contributed by atoms with van der Waals surface area (Å²) in [5.41, 5.74) is 7.00. The Balaban J connectivity index is 1.91. The molecular weight excluding hydrogens is 388 g/mol. The van der Waals surface area contributed by atoms with Crippen LogP contribution in [0.25, 0.3) is 0 Å². The second kappa shape index (κ2) is 9.62. The number of carbonyl (C=O) groups is 3. The number of hydrogen-bond acceptors (Lipinski definition) is 6. The molecule has 3 amide bonds. The Morgan fingerprint density at radius 2 is 2.00 bits per heavy atom. The highest BCUT2D eigenvalue weighted by molar-refractivity contribution is 5.95. The Morgan fingerprint density at radius 3 is 2.63 bits per heavy atom. The number of nitrogens with zero attached hydrogens (tertiary/aromatic N) is 1. The Bertz CT molecular complexity index is 846. The number of urea groups is 1. The van der Waals surface area contributed by atoms with E-state index in [2.05, 4.69) is 15.5 Å². The van der Waals surface area contributed by atoms with Crippen molar-refractivity contribution in [2.75, 3.05) is 33.4 Å². The normalized spacial score (nSPS) is 20.3. The number of piperidine rings is 1. The Labute approximate surface area is 175 Å². The van der Waals surface area contributed by atoms with Crippen molar-refractivity contribution in [3.8, 4) is 5.75 Å². The van der Waals surface area contributed by atoms with Crippen LogP contribution in [-0.2, 0) is 14.3 Å². The molecule has 9 nitrogen and oxygen atoms in total. The van der Waals surface area contributed by atoms with Gasteiger partial charge < -0.3 is 25.8 Å². The first-order valence-corrected chi connectivity index (χ1v) is 10.1. The third-order valence-corrected chi connectivity index (χ3v) is 5.45. The summed E-state index contributed by atoms with van der Waals surface area (Å²) in [5, 5.41) is 5.60. The third kappa shape index (κ3) is 4.91. The third-order valence-electron chi connectivity index (χ3n) is 5.45. The van der Waals surface area contributed by atoms with Gasteiger partial charge in [-0.2, -0.15) is 0 Å². The lowest BCUT2D eigenvalue weighted by molar-refractivity contribution is -0.139. The number of benzene rings is 1. The Kier molecular flexibility index (Phi) is 6.94. The van der Waals surface area contributed by atoms with Crippen LogP contribution in [0.5, 0.6) is 5.75 Å². The van der Waals surface area contributed by atoms with Crippen molar-refractivity contribution in [1.82, 2.24) is 15.5 Å². The van der Waals surface area contributed by atoms with Crippen LogP contribution in [0, 0.1) is 5.92 Å². The highest BCUT2D eigenvalue weighted by Crippen LogP contribution is 2.30. The van der Waals surface area contributed by atoms with Crippen LogP contribution in [0.4, 0.5) is 4.79 Å². The lowest BCUT2D eigenvalue weighted by Crippen LogP contribution is -2.49. The molecule has 162 valence electrons. The summed E-state index contributed by atoms with van der Waals surface area (Å²) in [6, 6.07) is 6.16. The summed E-state index contributed by atoms with van der Waals surface area (Å²) in [6.07, 6.45) is 1.31. The fraction of sp³-hybridized carbons (Fsp3) is 0.476. The Morgan fingerprint density at radius 1 is 1.27 bits per heavy atom. The molecule has 0 aliphatic carbocycles. The minimum Gasteiger partial charge on any atom is -0.497 e. The van der Waals surface area contributed by atoms with Crippen molar-refractivity contribution >= 4 is 17.9 Å². The number of carbonyl (C=O) groups excluding carboxylic acids is 3. The number of ether oxygens (including phenoxy) is 2. The van der Waals surface area contributed by atoms with Gasteiger partial charge >= 0.3 is 12.0 Å². The summed E-state index contributed by atoms with van der Waals surface area (Å²) in [7, 11) is 1.56. The maximum Gasteiger partial charge on any atom is 0.338 e. The van der Waals surface area contributed by atoms with Crippen LogP contribution in [0.3, 0.4) is 0 Å². The lowest BCUT2D eigenvalue weighted by atomic mass is 9.93. The molecule has 0 bridgehead atoms. The maximum absolute atomic E-state index is 12.9. The number of nitrogens with two attached hydrogens (primary N) is 1. The molecule has 2 heterocycles. The zero-order valence-corrected chi connectivity index (χ0v) is 17.3. The number of rotatable bonds is 7. The molecule has 1 fully saturated rings. The zero-order chi connectivity index (χ0) is 21.7. The number of likely N-dealkylation sites (tertiary alicyclic amines) is 1. The minimum absolute atomic E-state index is 0.132. The minimum atomic E-state index is -0.661. The van der Waals surface area contributed by atoms with Crippen LogP contribution in [-0.4, -0.2) is 56.2 Å². The molecule has 2 aliphatic heterocycles. The Hall–Kier alpha value is -3.07. The number of methoxy groups -OCH3 is 1. The molecule has 4 N–H and O–H groups in total. The van der Waals surface area contributed by atoms with Gasteiger partial charge in [0.25, 0.3) is 0 Å². The number of primary amides is 1. The van der Waals surface area contributed by atoms with E-state index in [1.807, 2.05) is 6.07 Å². The van der Waals surface area contributed by atoms with Gasteiger partial charge in [-0.3, -0.25) is 9.69 Å². The first-order valence-electron chi connectivity index (χ1n) is 10.1. The average Bonchev–Trinajstić information content (AvgIpc) is 2.74. The maximum atomic E-state index is 12.9. The van der Waals surface area contributed by atoms with E-state index in [4.69, 9.17) is 15.2 Å². The van der Waals surface area contributed by atoms with Gasteiger partial charge in [-0.1, -0.05) is 12.1 Å². The number of amides is 3. The summed E-state index contributed by atoms with van der Waals surface area (Å²) in [4.78, 5) is 38.8. The van der Waals surface area contributed by atoms with Gasteiger partial charge in [-0.15, -0.1) is 0 Å². The summed E-state index contributed by atoms with van der Waals surface area (Å²) < 4.78 is 10.6. The fourth-order valence-electron chi connectivity index (χ4n) is 3.86. The largest absolute Gasteiger partial charge is 0.497 e. The van der Waals surface area contributed by atoms with Gasteiger partial charge in [0.15, 0.2) is 0 Å². The highest BCUT2D eigenvalue weighted by Gasteiger charge is 2.35. The average molecular weight is 416 g/mol. The molecule has 0 radical (unpaired) electrons. The SMILES string of the molecule is CCOC(=O)C1=C(CN2CCC(C(N)=O)CC2)NC(=O)NC1c1cccc(OC)c1. The monoisotopic (exact) mass is 416 g/mol. The fourth-order valence-corrected chi connectivity index (χ4v) is 3.86. The molecule has 1 aromatic carbocycles. The molecule has 1 aromatic rings. The molecule has 0 aromatic heterocycles. The van der Waals surface area contributed by atoms with E-state index < -0.39 is 18.0 Å². The van der Waals surface area contributed by atoms with Crippen molar-refractivity contribution < 1.29 is 23.9 Å². The van der Waals surface area contributed by atoms with Gasteiger partial charge in [-0.05, 0) is 50.6 Å². The highest BCUT2D eigenvalue weighted by atomic mass is 16.5. The number of nitrogens with one attached hydrogen (secondary N) is 2. The van der Waals surface area contributed by atoms with Gasteiger partial charge in [0.1, 0.15) is 5.75 Å². The summed E-state index contributed by atoms with van der Waals surface area (Å²) in [5.74, 6) is -0.278. The van der Waals surface area contributed by atoms with Gasteiger partial charge in [-0.25, -0.2) is 9.59 Å². The van der Waals surface area contributed by atoms with E-state index in [-0.39, 0.29) is 18.4 Å². The second-order valence-electron chi connectivity index (χ2n) is 7.37. The van der Waals surface area contributed by atoms with Crippen LogP contribution >= 0.6 is 0 Å². The molecule has 2 aliphatic rings. The van der Waals surface area contributed by atoms with Crippen LogP contribution in [0.15, 0.2) is 35.5 Å². The molecular formula is C21H28N4O5. The molecule has 1 atom stereocenters. The van der Waals surface area contributed by atoms with E-state index in [9.17, 15) is 14.4 Å². The lowest BCUT2D eigenvalue weighted by Gasteiger charge is -2.34. The molecule has 0 saturated carbocycles. The molecule has 0 spiro atoms. The van der Waals surface area contributed by atoms with Gasteiger partial charge in [0.05, 0.1) is 25.3 Å². The first kappa shape index (κ1) is 21.6. The van der Waals surface area contributed by atoms with Crippen molar-refractivity contribution in [1.29, 1.82) is 0 Å². The van der Waals surface area contributed by atoms with Crippen LogP contribution in [0.1, 0.15) is 31.4 Å². The second-order valence-corrected chi connectivity index (χ2v) is 7.37. The predicted octanol–water partition coefficient (Wildman–Crippen LogP) is 1.06. The first-order chi connectivity index (χ1) is 14.4. The topological polar surface area (TPSA) is 123 Å². The van der Waals surface area contributed by atoms with Crippen molar-refractivity contribution in [2.45, 2.75) is 25.8 Å². The number of esters is 1. The van der Waals surface area contributed by atoms with Gasteiger partial charge in [0.2, 0.25) is 5.91 Å². The molecule has 1 saturated heterocycles. The van der Waals surface area contributed by atoms with Crippen molar-refractivity contribution in [3.63, 3.8) is 0 Å². The van der Waals surface area contributed by atoms with Crippen LogP contribution in [0.2, 0.25) is 0 Å². The molecule has 3 rings (SSSR count). The van der Waals surface area contributed by atoms with Crippen molar-refractivity contribution in [2.24, 2.45) is 11.7 Å². The van der Waals surface area contributed by atoms with Gasteiger partial charge in [0, 0.05) is 18.2 Å². The predicted molar refractivity (Wildman–Crippen MR) is 109 cm³/mol. The summed E-state index contributed by atoms with van der Waals surface area (Å²) in [6.45, 7) is 3.63. The standard InChI is InChI=1S/C21H28N4O5/c1-3-30-20(27)17-16(12-25-9-7-13(8-10-25)19(22)26)23-21(28)24-18(17)14-5-4-6-15(11-14)29-2/h4-6,11,13,18H,3,7-10,12H2,1-2H3,(H2,22,26)(H2,23,24,28). The van der Waals surface area contributed by atoms with E-state index in [1.54, 1.807) is 32.2 Å². The van der Waals surface area contributed by atoms with Crippen LogP contribution < -0.4 is 21.1 Å². The number of hydrogen-bond donors (Lipinski definition) is 3. The quantitative estimate of drug-likeness (QED) is 0.571. The summed E-state index contributed by atoms with van der Waals surface area (Å²) >= 11 is 0. The van der Waals surface area contributed by atoms with Crippen molar-refractivity contribution in [3.05, 3.63) is 41.1 Å². The van der Waals surface area contributed by atoms with E-state index in [1.165, 1.54) is 0 Å². The molecule has 9 heteroatoms. The molecule has 1 unspecified atom stereocenters. The van der Waals surface area contributed by atoms with E-state index >= 15 is 0 Å². The van der Waals surface area contributed by atoms with E-state index in [0.29, 0.717) is 49.5 Å². The van der Waals surface area contributed by atoms with E-state index in [0.717, 1.165) is 5.56 Å². The zero-order valence-electron chi connectivity index (χ0n) is 17.3.